The Bertz CT molecular complexity index is 1350. The third kappa shape index (κ3) is 7.83. The summed E-state index contributed by atoms with van der Waals surface area (Å²) in [5.41, 5.74) is 1.97. The van der Waals surface area contributed by atoms with Gasteiger partial charge in [0.2, 0.25) is 11.8 Å². The summed E-state index contributed by atoms with van der Waals surface area (Å²) >= 11 is 6.27. The van der Waals surface area contributed by atoms with Gasteiger partial charge in [-0.15, -0.1) is 0 Å². The molecule has 3 aromatic carbocycles. The number of hydrogen-bond acceptors (Lipinski definition) is 4. The van der Waals surface area contributed by atoms with Crippen LogP contribution in [-0.4, -0.2) is 50.8 Å². The highest BCUT2D eigenvalue weighted by Crippen LogP contribution is 2.30. The van der Waals surface area contributed by atoms with Crippen molar-refractivity contribution in [2.45, 2.75) is 51.0 Å². The molecule has 0 heterocycles. The zero-order valence-electron chi connectivity index (χ0n) is 22.6. The SMILES string of the molecule is CCCNC(=O)[C@H](CC)N(CCc1ccccc1)C(=O)CN(c1cc(Cl)ccc1C)S(=O)(=O)c1ccccc1. The van der Waals surface area contributed by atoms with Crippen LogP contribution >= 0.6 is 11.6 Å². The number of nitrogens with one attached hydrogen (secondary N) is 1. The summed E-state index contributed by atoms with van der Waals surface area (Å²) in [4.78, 5) is 28.7. The van der Waals surface area contributed by atoms with E-state index in [2.05, 4.69) is 5.32 Å². The lowest BCUT2D eigenvalue weighted by molar-refractivity contribution is -0.139. The first-order valence-electron chi connectivity index (χ1n) is 13.1. The van der Waals surface area contributed by atoms with Crippen molar-refractivity contribution in [3.63, 3.8) is 0 Å². The highest BCUT2D eigenvalue weighted by molar-refractivity contribution is 7.92. The third-order valence-corrected chi connectivity index (χ3v) is 8.48. The zero-order valence-corrected chi connectivity index (χ0v) is 24.2. The quantitative estimate of drug-likeness (QED) is 0.306. The number of rotatable bonds is 13. The highest BCUT2D eigenvalue weighted by atomic mass is 35.5. The van der Waals surface area contributed by atoms with Crippen LogP contribution in [-0.2, 0) is 26.0 Å². The second kappa shape index (κ2) is 14.1. The van der Waals surface area contributed by atoms with E-state index in [1.165, 1.54) is 17.0 Å². The molecular weight excluding hydrogens is 534 g/mol. The van der Waals surface area contributed by atoms with Gasteiger partial charge in [-0.2, -0.15) is 0 Å². The van der Waals surface area contributed by atoms with Gasteiger partial charge in [-0.05, 0) is 61.6 Å². The van der Waals surface area contributed by atoms with Crippen molar-refractivity contribution >= 4 is 39.1 Å². The molecular formula is C30H36ClN3O4S. The summed E-state index contributed by atoms with van der Waals surface area (Å²) in [6.45, 7) is 5.84. The van der Waals surface area contributed by atoms with Gasteiger partial charge in [-0.25, -0.2) is 8.42 Å². The minimum absolute atomic E-state index is 0.0562. The summed E-state index contributed by atoms with van der Waals surface area (Å²) in [5.74, 6) is -0.722. The molecule has 0 saturated heterocycles. The molecule has 39 heavy (non-hydrogen) atoms. The van der Waals surface area contributed by atoms with E-state index in [4.69, 9.17) is 11.6 Å². The molecule has 0 aliphatic rings. The van der Waals surface area contributed by atoms with E-state index >= 15 is 0 Å². The van der Waals surface area contributed by atoms with Gasteiger partial charge in [0.05, 0.1) is 10.6 Å². The molecule has 3 rings (SSSR count). The van der Waals surface area contributed by atoms with Gasteiger partial charge >= 0.3 is 0 Å². The van der Waals surface area contributed by atoms with Crippen molar-refractivity contribution in [1.82, 2.24) is 10.2 Å². The molecule has 0 fully saturated rings. The smallest absolute Gasteiger partial charge is 0.264 e. The fourth-order valence-electron chi connectivity index (χ4n) is 4.35. The van der Waals surface area contributed by atoms with Crippen LogP contribution in [0, 0.1) is 6.92 Å². The lowest BCUT2D eigenvalue weighted by Crippen LogP contribution is -2.53. The van der Waals surface area contributed by atoms with Crippen molar-refractivity contribution in [1.29, 1.82) is 0 Å². The number of benzene rings is 3. The summed E-state index contributed by atoms with van der Waals surface area (Å²) in [6, 6.07) is 21.9. The highest BCUT2D eigenvalue weighted by Gasteiger charge is 2.33. The molecule has 7 nitrogen and oxygen atoms in total. The van der Waals surface area contributed by atoms with E-state index in [9.17, 15) is 18.0 Å². The maximum absolute atomic E-state index is 14.0. The average Bonchev–Trinajstić information content (AvgIpc) is 2.94. The summed E-state index contributed by atoms with van der Waals surface area (Å²) in [7, 11) is -4.13. The molecule has 0 unspecified atom stereocenters. The molecule has 2 amide bonds. The maximum atomic E-state index is 14.0. The number of aryl methyl sites for hydroxylation is 1. The van der Waals surface area contributed by atoms with Crippen LogP contribution in [0.2, 0.25) is 5.02 Å². The van der Waals surface area contributed by atoms with E-state index in [0.717, 1.165) is 16.3 Å². The number of carbonyl (C=O) groups excluding carboxylic acids is 2. The van der Waals surface area contributed by atoms with Gasteiger partial charge < -0.3 is 10.2 Å². The fraction of sp³-hybridized carbons (Fsp3) is 0.333. The van der Waals surface area contributed by atoms with Crippen molar-refractivity contribution < 1.29 is 18.0 Å². The van der Waals surface area contributed by atoms with Gasteiger partial charge in [-0.3, -0.25) is 13.9 Å². The fourth-order valence-corrected chi connectivity index (χ4v) is 6.00. The number of carbonyl (C=O) groups is 2. The number of halogens is 1. The predicted molar refractivity (Wildman–Crippen MR) is 156 cm³/mol. The lowest BCUT2D eigenvalue weighted by Gasteiger charge is -2.33. The topological polar surface area (TPSA) is 86.8 Å². The Morgan fingerprint density at radius 2 is 1.59 bits per heavy atom. The van der Waals surface area contributed by atoms with Crippen LogP contribution in [0.25, 0.3) is 0 Å². The third-order valence-electron chi connectivity index (χ3n) is 6.47. The first kappa shape index (κ1) is 30.2. The van der Waals surface area contributed by atoms with Gasteiger partial charge in [0.25, 0.3) is 10.0 Å². The lowest BCUT2D eigenvalue weighted by atomic mass is 10.1. The van der Waals surface area contributed by atoms with Gasteiger partial charge in [0.1, 0.15) is 12.6 Å². The Morgan fingerprint density at radius 3 is 2.21 bits per heavy atom. The molecule has 0 saturated carbocycles. The van der Waals surface area contributed by atoms with Crippen molar-refractivity contribution in [3.05, 3.63) is 95.0 Å². The van der Waals surface area contributed by atoms with E-state index < -0.39 is 28.5 Å². The first-order valence-corrected chi connectivity index (χ1v) is 15.0. The van der Waals surface area contributed by atoms with Crippen LogP contribution in [0.3, 0.4) is 0 Å². The Labute approximate surface area is 236 Å². The molecule has 3 aromatic rings. The Hall–Kier alpha value is -3.36. The minimum atomic E-state index is -4.13. The summed E-state index contributed by atoms with van der Waals surface area (Å²) < 4.78 is 28.9. The first-order chi connectivity index (χ1) is 18.7. The van der Waals surface area contributed by atoms with E-state index in [1.807, 2.05) is 44.2 Å². The number of anilines is 1. The molecule has 0 aliphatic carbocycles. The molecule has 0 radical (unpaired) electrons. The Balaban J connectivity index is 2.02. The van der Waals surface area contributed by atoms with Gasteiger partial charge in [0, 0.05) is 18.1 Å². The number of hydrogen-bond donors (Lipinski definition) is 1. The normalized spacial score (nSPS) is 12.0. The van der Waals surface area contributed by atoms with E-state index in [0.29, 0.717) is 35.7 Å². The van der Waals surface area contributed by atoms with Crippen LogP contribution in [0.15, 0.2) is 83.8 Å². The standard InChI is InChI=1S/C30H36ClN3O4S/c1-4-19-32-30(36)27(5-2)33(20-18-24-12-8-6-9-13-24)29(35)22-34(28-21-25(31)17-16-23(28)3)39(37,38)26-14-10-7-11-15-26/h6-17,21,27H,4-5,18-20,22H2,1-3H3,(H,32,36)/t27-/m0/s1. The molecule has 9 heteroatoms. The molecule has 0 aliphatic heterocycles. The van der Waals surface area contributed by atoms with Gasteiger partial charge in [-0.1, -0.05) is 80.0 Å². The molecule has 1 atom stereocenters. The Morgan fingerprint density at radius 1 is 0.949 bits per heavy atom. The van der Waals surface area contributed by atoms with Crippen molar-refractivity contribution in [3.8, 4) is 0 Å². The second-order valence-electron chi connectivity index (χ2n) is 9.29. The minimum Gasteiger partial charge on any atom is -0.354 e. The average molecular weight is 570 g/mol. The molecule has 0 aromatic heterocycles. The van der Waals surface area contributed by atoms with Crippen LogP contribution in [0.5, 0.6) is 0 Å². The predicted octanol–water partition coefficient (Wildman–Crippen LogP) is 5.22. The molecule has 0 spiro atoms. The monoisotopic (exact) mass is 569 g/mol. The number of nitrogens with zero attached hydrogens (tertiary/aromatic N) is 2. The van der Waals surface area contributed by atoms with Crippen molar-refractivity contribution in [2.24, 2.45) is 0 Å². The second-order valence-corrected chi connectivity index (χ2v) is 11.6. The largest absolute Gasteiger partial charge is 0.354 e. The molecule has 0 bridgehead atoms. The van der Waals surface area contributed by atoms with Crippen LogP contribution in [0.4, 0.5) is 5.69 Å². The maximum Gasteiger partial charge on any atom is 0.264 e. The number of amides is 2. The van der Waals surface area contributed by atoms with E-state index in [-0.39, 0.29) is 17.3 Å². The Kier molecular flexibility index (Phi) is 10.9. The molecule has 208 valence electrons. The number of sulfonamides is 1. The molecule has 1 N–H and O–H groups in total. The van der Waals surface area contributed by atoms with Gasteiger partial charge in [0.15, 0.2) is 0 Å². The summed E-state index contributed by atoms with van der Waals surface area (Å²) in [5, 5.41) is 3.24. The zero-order chi connectivity index (χ0) is 28.4. The van der Waals surface area contributed by atoms with Crippen molar-refractivity contribution in [2.75, 3.05) is 23.9 Å². The van der Waals surface area contributed by atoms with Crippen LogP contribution in [0.1, 0.15) is 37.8 Å². The van der Waals surface area contributed by atoms with E-state index in [1.54, 1.807) is 43.3 Å². The van der Waals surface area contributed by atoms with Crippen LogP contribution < -0.4 is 9.62 Å². The summed E-state index contributed by atoms with van der Waals surface area (Å²) in [6.07, 6.45) is 1.67.